The van der Waals surface area contributed by atoms with Gasteiger partial charge in [-0.15, -0.1) is 11.8 Å². The molecule has 4 amide bonds. The summed E-state index contributed by atoms with van der Waals surface area (Å²) in [5.74, 6) is -1.40. The van der Waals surface area contributed by atoms with Gasteiger partial charge in [-0.3, -0.25) is 29.3 Å². The van der Waals surface area contributed by atoms with E-state index in [9.17, 15) is 29.3 Å². The molecular weight excluding hydrogens is 676 g/mol. The van der Waals surface area contributed by atoms with Crippen LogP contribution in [0.3, 0.4) is 0 Å². The molecule has 1 atom stereocenters. The van der Waals surface area contributed by atoms with Crippen LogP contribution in [0.1, 0.15) is 22.3 Å². The van der Waals surface area contributed by atoms with Crippen molar-refractivity contribution in [2.24, 2.45) is 0 Å². The number of thioether (sulfide) groups is 1. The second-order valence-corrected chi connectivity index (χ2v) is 12.0. The summed E-state index contributed by atoms with van der Waals surface area (Å²) in [7, 11) is 1.52. The quantitative estimate of drug-likeness (QED) is 0.0860. The topological polar surface area (TPSA) is 148 Å². The molecule has 0 aromatic heterocycles. The Balaban J connectivity index is 1.33. The van der Waals surface area contributed by atoms with Gasteiger partial charge in [0.05, 0.1) is 27.4 Å². The number of amides is 4. The lowest BCUT2D eigenvalue weighted by molar-refractivity contribution is -0.384. The fraction of sp³-hybridized carbons (Fsp3) is 0.0909. The zero-order valence-electron chi connectivity index (χ0n) is 24.1. The number of non-ortho nitro benzene ring substituents is 1. The Morgan fingerprint density at radius 1 is 1.00 bits per heavy atom. The lowest BCUT2D eigenvalue weighted by atomic mass is 10.1. The number of hydrogen-bond donors (Lipinski definition) is 2. The van der Waals surface area contributed by atoms with Crippen LogP contribution in [-0.2, 0) is 14.4 Å². The van der Waals surface area contributed by atoms with E-state index in [1.165, 1.54) is 37.5 Å². The van der Waals surface area contributed by atoms with Gasteiger partial charge < -0.3 is 15.4 Å². The van der Waals surface area contributed by atoms with Gasteiger partial charge in [0.15, 0.2) is 0 Å². The molecule has 1 saturated heterocycles. The average molecular weight is 702 g/mol. The monoisotopic (exact) mass is 700 g/mol. The van der Waals surface area contributed by atoms with Gasteiger partial charge in [-0.1, -0.05) is 30.3 Å². The van der Waals surface area contributed by atoms with Crippen LogP contribution < -0.4 is 20.3 Å². The van der Waals surface area contributed by atoms with Crippen LogP contribution >= 0.6 is 27.7 Å². The first-order valence-corrected chi connectivity index (χ1v) is 15.4. The minimum absolute atomic E-state index is 0.0217. The predicted octanol–water partition coefficient (Wildman–Crippen LogP) is 6.20. The van der Waals surface area contributed by atoms with Gasteiger partial charge in [-0.2, -0.15) is 0 Å². The van der Waals surface area contributed by atoms with Crippen molar-refractivity contribution in [3.63, 3.8) is 0 Å². The summed E-state index contributed by atoms with van der Waals surface area (Å²) in [6.07, 6.45) is 1.46. The Bertz CT molecular complexity index is 1870. The Kier molecular flexibility index (Phi) is 9.94. The molecule has 11 nitrogen and oxygen atoms in total. The number of anilines is 2. The highest BCUT2D eigenvalue weighted by molar-refractivity contribution is 9.10. The molecule has 1 fully saturated rings. The number of hydrogen-bond acceptors (Lipinski definition) is 8. The van der Waals surface area contributed by atoms with Crippen molar-refractivity contribution in [2.45, 2.75) is 16.6 Å². The lowest BCUT2D eigenvalue weighted by Gasteiger charge is -2.15. The zero-order valence-corrected chi connectivity index (χ0v) is 26.5. The number of methoxy groups -OCH3 is 1. The smallest absolute Gasteiger partial charge is 0.272 e. The summed E-state index contributed by atoms with van der Waals surface area (Å²) in [4.78, 5) is 64.5. The summed E-state index contributed by atoms with van der Waals surface area (Å²) in [5.41, 5.74) is 1.45. The third kappa shape index (κ3) is 7.50. The standard InChI is InChI=1S/C33H25BrN4O7S/c1-45-28-17-20(10-15-26(28)34)16-27(36-31(40)21-6-3-2-4-7-21)32(41)35-22-8-5-9-25(18-22)46-29-19-30(39)37(33(29)42)23-11-13-24(14-12-23)38(43)44/h2-18,29H,19H2,1H3,(H,35,41)(H,36,40)/b27-16-. The summed E-state index contributed by atoms with van der Waals surface area (Å²) in [5, 5.41) is 15.7. The Morgan fingerprint density at radius 2 is 1.74 bits per heavy atom. The summed E-state index contributed by atoms with van der Waals surface area (Å²) >= 11 is 4.57. The fourth-order valence-electron chi connectivity index (χ4n) is 4.58. The predicted molar refractivity (Wildman–Crippen MR) is 178 cm³/mol. The maximum atomic E-state index is 13.5. The van der Waals surface area contributed by atoms with Crippen molar-refractivity contribution in [1.82, 2.24) is 5.32 Å². The summed E-state index contributed by atoms with van der Waals surface area (Å²) in [6.45, 7) is 0. The maximum absolute atomic E-state index is 13.5. The van der Waals surface area contributed by atoms with E-state index in [-0.39, 0.29) is 23.5 Å². The van der Waals surface area contributed by atoms with Crippen molar-refractivity contribution in [2.75, 3.05) is 17.3 Å². The van der Waals surface area contributed by atoms with E-state index < -0.39 is 33.8 Å². The number of ether oxygens (including phenoxy) is 1. The Labute approximate surface area is 275 Å². The van der Waals surface area contributed by atoms with Crippen LogP contribution in [-0.4, -0.2) is 40.9 Å². The highest BCUT2D eigenvalue weighted by Gasteiger charge is 2.40. The first-order chi connectivity index (χ1) is 22.1. The van der Waals surface area contributed by atoms with Crippen molar-refractivity contribution >= 4 is 74.5 Å². The second-order valence-electron chi connectivity index (χ2n) is 9.91. The van der Waals surface area contributed by atoms with Crippen LogP contribution in [0.25, 0.3) is 6.08 Å². The molecule has 232 valence electrons. The largest absolute Gasteiger partial charge is 0.496 e. The highest BCUT2D eigenvalue weighted by atomic mass is 79.9. The van der Waals surface area contributed by atoms with Crippen LogP contribution in [0.5, 0.6) is 5.75 Å². The molecule has 0 saturated carbocycles. The Morgan fingerprint density at radius 3 is 2.43 bits per heavy atom. The molecule has 4 aromatic carbocycles. The maximum Gasteiger partial charge on any atom is 0.272 e. The number of nitro groups is 1. The molecule has 0 aliphatic carbocycles. The first-order valence-electron chi connectivity index (χ1n) is 13.7. The number of halogens is 1. The number of carbonyl (C=O) groups excluding carboxylic acids is 4. The minimum atomic E-state index is -0.735. The molecule has 46 heavy (non-hydrogen) atoms. The molecule has 1 unspecified atom stereocenters. The molecule has 4 aromatic rings. The fourth-order valence-corrected chi connectivity index (χ4v) is 6.10. The van der Waals surface area contributed by atoms with E-state index in [0.717, 1.165) is 21.1 Å². The van der Waals surface area contributed by atoms with Gasteiger partial charge in [-0.25, -0.2) is 4.90 Å². The van der Waals surface area contributed by atoms with E-state index >= 15 is 0 Å². The van der Waals surface area contributed by atoms with E-state index in [0.29, 0.717) is 27.5 Å². The highest BCUT2D eigenvalue weighted by Crippen LogP contribution is 2.35. The molecule has 1 heterocycles. The van der Waals surface area contributed by atoms with Crippen molar-refractivity contribution in [3.8, 4) is 5.75 Å². The van der Waals surface area contributed by atoms with Crippen LogP contribution in [0.4, 0.5) is 17.1 Å². The SMILES string of the molecule is COc1cc(/C=C(\NC(=O)c2ccccc2)C(=O)Nc2cccc(SC3CC(=O)N(c4ccc([N+](=O)[O-])cc4)C3=O)c2)ccc1Br. The third-order valence-corrected chi connectivity index (χ3v) is 8.64. The van der Waals surface area contributed by atoms with Crippen LogP contribution in [0, 0.1) is 10.1 Å². The molecule has 2 N–H and O–H groups in total. The van der Waals surface area contributed by atoms with E-state index in [1.54, 1.807) is 72.8 Å². The molecule has 0 radical (unpaired) electrons. The molecule has 1 aliphatic rings. The van der Waals surface area contributed by atoms with E-state index in [1.807, 2.05) is 0 Å². The van der Waals surface area contributed by atoms with Gasteiger partial charge in [0.2, 0.25) is 11.8 Å². The number of nitro benzene ring substituents is 1. The zero-order chi connectivity index (χ0) is 32.8. The van der Waals surface area contributed by atoms with Gasteiger partial charge in [-0.05, 0) is 82.2 Å². The summed E-state index contributed by atoms with van der Waals surface area (Å²) < 4.78 is 6.08. The van der Waals surface area contributed by atoms with Gasteiger partial charge in [0.25, 0.3) is 17.5 Å². The van der Waals surface area contributed by atoms with Gasteiger partial charge in [0.1, 0.15) is 11.4 Å². The molecule has 1 aliphatic heterocycles. The van der Waals surface area contributed by atoms with E-state index in [4.69, 9.17) is 4.74 Å². The molecule has 0 bridgehead atoms. The van der Waals surface area contributed by atoms with Crippen molar-refractivity contribution in [1.29, 1.82) is 0 Å². The molecule has 13 heteroatoms. The van der Waals surface area contributed by atoms with Crippen molar-refractivity contribution < 1.29 is 28.8 Å². The third-order valence-electron chi connectivity index (χ3n) is 6.81. The number of imide groups is 1. The Hall–Kier alpha value is -5.27. The number of nitrogens with zero attached hydrogens (tertiary/aromatic N) is 2. The second kappa shape index (κ2) is 14.2. The minimum Gasteiger partial charge on any atom is -0.496 e. The summed E-state index contributed by atoms with van der Waals surface area (Å²) in [6, 6.07) is 25.7. The van der Waals surface area contributed by atoms with Crippen LogP contribution in [0.15, 0.2) is 112 Å². The number of nitrogens with one attached hydrogen (secondary N) is 2. The van der Waals surface area contributed by atoms with E-state index in [2.05, 4.69) is 26.6 Å². The molecule has 5 rings (SSSR count). The van der Waals surface area contributed by atoms with Crippen LogP contribution in [0.2, 0.25) is 0 Å². The molecular formula is C33H25BrN4O7S. The lowest BCUT2D eigenvalue weighted by Crippen LogP contribution is -2.31. The normalized spacial score (nSPS) is 14.6. The number of carbonyl (C=O) groups is 4. The van der Waals surface area contributed by atoms with Gasteiger partial charge in [0, 0.05) is 34.7 Å². The average Bonchev–Trinajstić information content (AvgIpc) is 3.33. The molecule has 0 spiro atoms. The number of benzene rings is 4. The first kappa shape index (κ1) is 32.1. The number of rotatable bonds is 10. The van der Waals surface area contributed by atoms with Crippen molar-refractivity contribution in [3.05, 3.63) is 128 Å². The van der Waals surface area contributed by atoms with Gasteiger partial charge >= 0.3 is 0 Å².